The van der Waals surface area contributed by atoms with Crippen molar-refractivity contribution in [1.82, 2.24) is 5.06 Å². The van der Waals surface area contributed by atoms with E-state index in [0.717, 1.165) is 24.3 Å². The fourth-order valence-electron chi connectivity index (χ4n) is 3.80. The predicted molar refractivity (Wildman–Crippen MR) is 118 cm³/mol. The zero-order valence-electron chi connectivity index (χ0n) is 18.0. The summed E-state index contributed by atoms with van der Waals surface area (Å²) >= 11 is 0. The van der Waals surface area contributed by atoms with Crippen LogP contribution in [0.25, 0.3) is 0 Å². The highest BCUT2D eigenvalue weighted by atomic mass is 16.7. The van der Waals surface area contributed by atoms with Crippen LogP contribution >= 0.6 is 0 Å². The first kappa shape index (κ1) is 23.3. The number of fused-ring (bicyclic) bond motifs is 1. The van der Waals surface area contributed by atoms with Crippen LogP contribution in [-0.4, -0.2) is 23.0 Å². The second-order valence-electron chi connectivity index (χ2n) is 8.01. The topological polar surface area (TPSA) is 46.6 Å². The molecule has 29 heavy (non-hydrogen) atoms. The molecule has 4 nitrogen and oxygen atoms in total. The number of imide groups is 1. The van der Waals surface area contributed by atoms with Crippen LogP contribution in [0.4, 0.5) is 0 Å². The van der Waals surface area contributed by atoms with E-state index >= 15 is 0 Å². The Hall–Kier alpha value is -1.94. The molecule has 2 amide bonds. The number of carbonyl (C=O) groups is 2. The maximum atomic E-state index is 12.4. The summed E-state index contributed by atoms with van der Waals surface area (Å²) in [4.78, 5) is 30.4. The van der Waals surface area contributed by atoms with Gasteiger partial charge in [0.15, 0.2) is 0 Å². The smallest absolute Gasteiger partial charge is 0.266 e. The van der Waals surface area contributed by atoms with Gasteiger partial charge in [-0.25, -0.2) is 0 Å². The van der Waals surface area contributed by atoms with E-state index in [9.17, 15) is 9.59 Å². The lowest BCUT2D eigenvalue weighted by molar-refractivity contribution is -0.118. The van der Waals surface area contributed by atoms with Crippen molar-refractivity contribution in [1.29, 1.82) is 0 Å². The monoisotopic (exact) mass is 399 g/mol. The van der Waals surface area contributed by atoms with Gasteiger partial charge in [-0.05, 0) is 18.6 Å². The highest BCUT2D eigenvalue weighted by Gasteiger charge is 2.37. The molecule has 0 saturated carbocycles. The molecule has 0 radical (unpaired) electrons. The third kappa shape index (κ3) is 7.43. The first-order chi connectivity index (χ1) is 14.2. The molecule has 0 unspecified atom stereocenters. The molecular formula is C25H37NO3. The van der Waals surface area contributed by atoms with E-state index in [1.807, 2.05) is 0 Å². The summed E-state index contributed by atoms with van der Waals surface area (Å²) in [6, 6.07) is 6.83. The van der Waals surface area contributed by atoms with E-state index in [1.54, 1.807) is 30.3 Å². The van der Waals surface area contributed by atoms with E-state index < -0.39 is 0 Å². The van der Waals surface area contributed by atoms with Crippen LogP contribution < -0.4 is 0 Å². The highest BCUT2D eigenvalue weighted by Crippen LogP contribution is 2.24. The van der Waals surface area contributed by atoms with Crippen molar-refractivity contribution in [2.24, 2.45) is 0 Å². The van der Waals surface area contributed by atoms with Gasteiger partial charge in [-0.15, -0.1) is 11.6 Å². The summed E-state index contributed by atoms with van der Waals surface area (Å²) in [5, 5.41) is 0.900. The number of amides is 2. The number of unbranched alkanes of at least 4 members (excludes halogenated alkanes) is 11. The van der Waals surface area contributed by atoms with E-state index in [-0.39, 0.29) is 17.9 Å². The second-order valence-corrected chi connectivity index (χ2v) is 8.01. The lowest BCUT2D eigenvalue weighted by Gasteiger charge is -2.19. The highest BCUT2D eigenvalue weighted by molar-refractivity contribution is 6.20. The summed E-state index contributed by atoms with van der Waals surface area (Å²) in [5.74, 6) is -0.765. The molecule has 1 aromatic carbocycles. The fourth-order valence-corrected chi connectivity index (χ4v) is 3.80. The zero-order valence-corrected chi connectivity index (χ0v) is 18.0. The predicted octanol–water partition coefficient (Wildman–Crippen LogP) is 6.86. The number of hydrogen-bond acceptors (Lipinski definition) is 3. The average molecular weight is 400 g/mol. The molecule has 1 aromatic rings. The molecule has 160 valence electrons. The Labute approximate surface area is 176 Å². The van der Waals surface area contributed by atoms with Gasteiger partial charge >= 0.3 is 0 Å². The van der Waals surface area contributed by atoms with Gasteiger partial charge < -0.3 is 0 Å². The van der Waals surface area contributed by atoms with Crippen LogP contribution in [0.15, 0.2) is 36.9 Å². The molecule has 1 atom stereocenters. The summed E-state index contributed by atoms with van der Waals surface area (Å²) in [6.45, 7) is 6.06. The van der Waals surface area contributed by atoms with Gasteiger partial charge in [0.25, 0.3) is 11.8 Å². The Morgan fingerprint density at radius 1 is 0.828 bits per heavy atom. The Kier molecular flexibility index (Phi) is 10.7. The fraction of sp³-hybridized carbons (Fsp3) is 0.600. The number of rotatable bonds is 16. The number of carbonyl (C=O) groups excluding carboxylic acids is 2. The molecule has 0 spiro atoms. The minimum absolute atomic E-state index is 0.319. The molecule has 0 aliphatic carbocycles. The molecular weight excluding hydrogens is 362 g/mol. The van der Waals surface area contributed by atoms with Gasteiger partial charge in [-0.2, -0.15) is 0 Å². The van der Waals surface area contributed by atoms with Gasteiger partial charge in [0.2, 0.25) is 0 Å². The molecule has 1 aliphatic heterocycles. The number of nitrogens with zero attached hydrogens (tertiary/aromatic N) is 1. The molecule has 0 fully saturated rings. The van der Waals surface area contributed by atoms with Crippen molar-refractivity contribution in [2.75, 3.05) is 0 Å². The third-order valence-electron chi connectivity index (χ3n) is 5.60. The molecule has 0 bridgehead atoms. The molecule has 4 heteroatoms. The largest absolute Gasteiger partial charge is 0.285 e. The maximum Gasteiger partial charge on any atom is 0.285 e. The van der Waals surface area contributed by atoms with Crippen LogP contribution in [-0.2, 0) is 4.84 Å². The number of benzene rings is 1. The molecule has 0 saturated heterocycles. The number of hydroxylamine groups is 2. The summed E-state index contributed by atoms with van der Waals surface area (Å²) in [5.41, 5.74) is 0.816. The van der Waals surface area contributed by atoms with Crippen molar-refractivity contribution >= 4 is 11.8 Å². The quantitative estimate of drug-likeness (QED) is 0.173. The first-order valence-corrected chi connectivity index (χ1v) is 11.5. The van der Waals surface area contributed by atoms with Gasteiger partial charge in [-0.1, -0.05) is 102 Å². The van der Waals surface area contributed by atoms with Gasteiger partial charge in [0.05, 0.1) is 11.1 Å². The van der Waals surface area contributed by atoms with Crippen LogP contribution in [0.5, 0.6) is 0 Å². The van der Waals surface area contributed by atoms with E-state index in [4.69, 9.17) is 4.84 Å². The van der Waals surface area contributed by atoms with Crippen molar-refractivity contribution in [3.63, 3.8) is 0 Å². The maximum absolute atomic E-state index is 12.4. The second kappa shape index (κ2) is 13.3. The van der Waals surface area contributed by atoms with Crippen LogP contribution in [0.2, 0.25) is 0 Å². The zero-order chi connectivity index (χ0) is 20.9. The van der Waals surface area contributed by atoms with Crippen LogP contribution in [0.1, 0.15) is 111 Å². The summed E-state index contributed by atoms with van der Waals surface area (Å²) in [7, 11) is 0. The lowest BCUT2D eigenvalue weighted by Crippen LogP contribution is -2.33. The van der Waals surface area contributed by atoms with Crippen molar-refractivity contribution in [3.8, 4) is 0 Å². The molecule has 0 aromatic heterocycles. The van der Waals surface area contributed by atoms with Crippen molar-refractivity contribution in [2.45, 2.75) is 96.5 Å². The Morgan fingerprint density at radius 2 is 1.28 bits per heavy atom. The Morgan fingerprint density at radius 3 is 1.72 bits per heavy atom. The Balaban J connectivity index is 1.56. The lowest BCUT2D eigenvalue weighted by atomic mass is 10.0. The van der Waals surface area contributed by atoms with E-state index in [2.05, 4.69) is 13.5 Å². The van der Waals surface area contributed by atoms with Gasteiger partial charge in [-0.3, -0.25) is 14.4 Å². The van der Waals surface area contributed by atoms with Crippen molar-refractivity contribution < 1.29 is 14.4 Å². The molecule has 1 heterocycles. The average Bonchev–Trinajstić information content (AvgIpc) is 2.98. The van der Waals surface area contributed by atoms with E-state index in [0.29, 0.717) is 11.1 Å². The van der Waals surface area contributed by atoms with Gasteiger partial charge in [0, 0.05) is 0 Å². The first-order valence-electron chi connectivity index (χ1n) is 11.5. The minimum atomic E-state index is -0.382. The molecule has 2 rings (SSSR count). The van der Waals surface area contributed by atoms with Crippen LogP contribution in [0, 0.1) is 0 Å². The van der Waals surface area contributed by atoms with Crippen molar-refractivity contribution in [3.05, 3.63) is 48.0 Å². The summed E-state index contributed by atoms with van der Waals surface area (Å²) in [6.07, 6.45) is 17.7. The standard InChI is InChI=1S/C25H37NO3/c1-3-5-6-7-8-9-10-11-12-13-14-15-18-21(4-2)29-26-24(27)22-19-16-17-20-23(22)25(26)28/h4,16-17,19-21H,2-3,5-15,18H2,1H3/t21-/m1/s1. The van der Waals surface area contributed by atoms with E-state index in [1.165, 1.54) is 64.2 Å². The molecule has 0 N–H and O–H groups in total. The normalized spacial score (nSPS) is 14.3. The van der Waals surface area contributed by atoms with Gasteiger partial charge in [0.1, 0.15) is 6.10 Å². The summed E-state index contributed by atoms with van der Waals surface area (Å²) < 4.78 is 0. The number of hydrogen-bond donors (Lipinski definition) is 0. The Bertz CT molecular complexity index is 620. The van der Waals surface area contributed by atoms with Crippen LogP contribution in [0.3, 0.4) is 0 Å². The SMILES string of the molecule is C=C[C@H](CCCCCCCCCCCCCC)ON1C(=O)c2ccccc2C1=O. The minimum Gasteiger partial charge on any atom is -0.266 e. The molecule has 1 aliphatic rings. The third-order valence-corrected chi connectivity index (χ3v) is 5.60.